The van der Waals surface area contributed by atoms with Crippen molar-refractivity contribution in [1.82, 2.24) is 4.98 Å². The van der Waals surface area contributed by atoms with E-state index in [9.17, 15) is 0 Å². The van der Waals surface area contributed by atoms with E-state index in [0.717, 1.165) is 11.7 Å². The minimum absolute atomic E-state index is 0.422. The molecule has 1 aliphatic rings. The molecule has 1 fully saturated rings. The number of anilines is 2. The van der Waals surface area contributed by atoms with Crippen LogP contribution in [0.3, 0.4) is 0 Å². The summed E-state index contributed by atoms with van der Waals surface area (Å²) in [6.45, 7) is 2.21. The highest BCUT2D eigenvalue weighted by Crippen LogP contribution is 2.29. The van der Waals surface area contributed by atoms with Crippen LogP contribution in [-0.2, 0) is 0 Å². The van der Waals surface area contributed by atoms with Crippen LogP contribution >= 0.6 is 11.6 Å². The largest absolute Gasteiger partial charge is 0.396 e. The van der Waals surface area contributed by atoms with Gasteiger partial charge in [0.15, 0.2) is 0 Å². The van der Waals surface area contributed by atoms with Crippen molar-refractivity contribution in [3.8, 4) is 0 Å². The minimum atomic E-state index is 0.422. The lowest BCUT2D eigenvalue weighted by Crippen LogP contribution is -2.28. The Morgan fingerprint density at radius 2 is 2.12 bits per heavy atom. The molecule has 1 atom stereocenters. The fourth-order valence-electron chi connectivity index (χ4n) is 2.54. The van der Waals surface area contributed by atoms with E-state index in [-0.39, 0.29) is 0 Å². The molecule has 4 heteroatoms. The van der Waals surface area contributed by atoms with Crippen LogP contribution < -0.4 is 11.1 Å². The third-order valence-corrected chi connectivity index (χ3v) is 3.81. The van der Waals surface area contributed by atoms with Crippen LogP contribution in [0, 0.1) is 5.92 Å². The van der Waals surface area contributed by atoms with Gasteiger partial charge in [-0.2, -0.15) is 0 Å². The Morgan fingerprint density at radius 3 is 2.76 bits per heavy atom. The average molecular weight is 254 g/mol. The number of nitrogens with one attached hydrogen (secondary N) is 1. The maximum atomic E-state index is 5.89. The van der Waals surface area contributed by atoms with Crippen molar-refractivity contribution < 1.29 is 0 Å². The molecular weight excluding hydrogens is 234 g/mol. The molecule has 3 nitrogen and oxygen atoms in total. The van der Waals surface area contributed by atoms with Gasteiger partial charge in [0, 0.05) is 12.2 Å². The lowest BCUT2D eigenvalue weighted by molar-refractivity contribution is 0.328. The molecule has 2 rings (SSSR count). The first-order valence-electron chi connectivity index (χ1n) is 6.34. The van der Waals surface area contributed by atoms with Crippen molar-refractivity contribution in [2.24, 2.45) is 5.92 Å². The van der Waals surface area contributed by atoms with E-state index in [1.165, 1.54) is 32.1 Å². The molecule has 3 N–H and O–H groups in total. The van der Waals surface area contributed by atoms with Crippen LogP contribution in [0.1, 0.15) is 39.0 Å². The zero-order valence-corrected chi connectivity index (χ0v) is 11.0. The third kappa shape index (κ3) is 3.25. The number of nitrogens with zero attached hydrogens (tertiary/aromatic N) is 1. The average Bonchev–Trinajstić information content (AvgIpc) is 2.34. The summed E-state index contributed by atoms with van der Waals surface area (Å²) < 4.78 is 0. The van der Waals surface area contributed by atoms with Gasteiger partial charge in [0.05, 0.1) is 10.7 Å². The van der Waals surface area contributed by atoms with Crippen LogP contribution in [0.4, 0.5) is 11.5 Å². The molecule has 1 unspecified atom stereocenters. The zero-order chi connectivity index (χ0) is 12.3. The van der Waals surface area contributed by atoms with Crippen LogP contribution in [-0.4, -0.2) is 11.0 Å². The summed E-state index contributed by atoms with van der Waals surface area (Å²) in [5.41, 5.74) is 6.51. The van der Waals surface area contributed by atoms with Gasteiger partial charge in [-0.05, 0) is 31.7 Å². The fraction of sp³-hybridized carbons (Fsp3) is 0.615. The molecule has 17 heavy (non-hydrogen) atoms. The first-order valence-corrected chi connectivity index (χ1v) is 6.72. The van der Waals surface area contributed by atoms with Gasteiger partial charge in [0.25, 0.3) is 0 Å². The monoisotopic (exact) mass is 253 g/mol. The predicted octanol–water partition coefficient (Wildman–Crippen LogP) is 3.70. The van der Waals surface area contributed by atoms with E-state index in [2.05, 4.69) is 17.2 Å². The number of hydrogen-bond donors (Lipinski definition) is 2. The van der Waals surface area contributed by atoms with Gasteiger partial charge in [-0.15, -0.1) is 0 Å². The van der Waals surface area contributed by atoms with Crippen LogP contribution in [0.2, 0.25) is 5.02 Å². The second-order valence-corrected chi connectivity index (χ2v) is 5.36. The normalized spacial score (nSPS) is 18.9. The van der Waals surface area contributed by atoms with Gasteiger partial charge in [0.1, 0.15) is 5.82 Å². The summed E-state index contributed by atoms with van der Waals surface area (Å²) in [6.07, 6.45) is 8.32. The second kappa shape index (κ2) is 5.58. The topological polar surface area (TPSA) is 50.9 Å². The summed E-state index contributed by atoms with van der Waals surface area (Å²) in [5.74, 6) is 1.49. The van der Waals surface area contributed by atoms with Crippen molar-refractivity contribution in [2.75, 3.05) is 11.1 Å². The summed E-state index contributed by atoms with van der Waals surface area (Å²) >= 11 is 5.83. The van der Waals surface area contributed by atoms with Crippen molar-refractivity contribution in [3.63, 3.8) is 0 Å². The molecule has 0 spiro atoms. The van der Waals surface area contributed by atoms with Gasteiger partial charge < -0.3 is 11.1 Å². The first-order chi connectivity index (χ1) is 8.16. The smallest absolute Gasteiger partial charge is 0.149 e. The van der Waals surface area contributed by atoms with Gasteiger partial charge in [-0.3, -0.25) is 0 Å². The molecule has 1 heterocycles. The highest BCUT2D eigenvalue weighted by molar-refractivity contribution is 6.30. The van der Waals surface area contributed by atoms with Gasteiger partial charge in [0.2, 0.25) is 0 Å². The first kappa shape index (κ1) is 12.5. The molecule has 0 aliphatic heterocycles. The maximum absolute atomic E-state index is 5.89. The van der Waals surface area contributed by atoms with Crippen LogP contribution in [0.5, 0.6) is 0 Å². The molecule has 94 valence electrons. The number of nitrogen functional groups attached to an aromatic ring is 1. The third-order valence-electron chi connectivity index (χ3n) is 3.61. The number of aromatic nitrogens is 1. The van der Waals surface area contributed by atoms with Crippen LogP contribution in [0.15, 0.2) is 12.3 Å². The molecular formula is C13H20ClN3. The van der Waals surface area contributed by atoms with Crippen molar-refractivity contribution >= 4 is 23.1 Å². The van der Waals surface area contributed by atoms with E-state index < -0.39 is 0 Å². The van der Waals surface area contributed by atoms with E-state index in [4.69, 9.17) is 17.3 Å². The fourth-order valence-corrected chi connectivity index (χ4v) is 2.71. The molecule has 0 amide bonds. The Kier molecular flexibility index (Phi) is 4.11. The molecule has 0 saturated heterocycles. The van der Waals surface area contributed by atoms with Gasteiger partial charge in [-0.25, -0.2) is 4.98 Å². The molecule has 1 saturated carbocycles. The summed E-state index contributed by atoms with van der Waals surface area (Å²) in [7, 11) is 0. The Balaban J connectivity index is 1.99. The zero-order valence-electron chi connectivity index (χ0n) is 10.2. The molecule has 0 radical (unpaired) electrons. The van der Waals surface area contributed by atoms with Gasteiger partial charge >= 0.3 is 0 Å². The number of rotatable bonds is 3. The van der Waals surface area contributed by atoms with E-state index in [1.807, 2.05) is 0 Å². The number of nitrogens with two attached hydrogens (primary N) is 1. The lowest BCUT2D eigenvalue weighted by Gasteiger charge is -2.28. The number of hydrogen-bond acceptors (Lipinski definition) is 3. The van der Waals surface area contributed by atoms with Crippen molar-refractivity contribution in [3.05, 3.63) is 17.3 Å². The van der Waals surface area contributed by atoms with Crippen LogP contribution in [0.25, 0.3) is 0 Å². The summed E-state index contributed by atoms with van der Waals surface area (Å²) in [5, 5.41) is 3.99. The number of pyridine rings is 1. The second-order valence-electron chi connectivity index (χ2n) is 4.92. The molecule has 1 aromatic rings. The molecule has 1 aromatic heterocycles. The van der Waals surface area contributed by atoms with E-state index >= 15 is 0 Å². The Hall–Kier alpha value is -0.960. The number of halogens is 1. The maximum Gasteiger partial charge on any atom is 0.149 e. The highest BCUT2D eigenvalue weighted by atomic mass is 35.5. The summed E-state index contributed by atoms with van der Waals surface area (Å²) in [4.78, 5) is 4.24. The molecule has 0 bridgehead atoms. The lowest BCUT2D eigenvalue weighted by atomic mass is 9.84. The SMILES string of the molecule is CC(Nc1ncc(Cl)cc1N)C1CCCCC1. The molecule has 1 aliphatic carbocycles. The molecule has 0 aromatic carbocycles. The van der Waals surface area contributed by atoms with E-state index in [0.29, 0.717) is 16.8 Å². The van der Waals surface area contributed by atoms with Crippen molar-refractivity contribution in [2.45, 2.75) is 45.1 Å². The van der Waals surface area contributed by atoms with Gasteiger partial charge in [-0.1, -0.05) is 30.9 Å². The predicted molar refractivity (Wildman–Crippen MR) is 73.3 cm³/mol. The standard InChI is InChI=1S/C13H20ClN3/c1-9(10-5-3-2-4-6-10)17-13-12(15)7-11(14)8-16-13/h7-10H,2-6,15H2,1H3,(H,16,17). The van der Waals surface area contributed by atoms with E-state index in [1.54, 1.807) is 12.3 Å². The highest BCUT2D eigenvalue weighted by Gasteiger charge is 2.20. The Bertz CT molecular complexity index is 375. The Morgan fingerprint density at radius 1 is 1.41 bits per heavy atom. The quantitative estimate of drug-likeness (QED) is 0.864. The Labute approximate surface area is 108 Å². The minimum Gasteiger partial charge on any atom is -0.396 e. The summed E-state index contributed by atoms with van der Waals surface area (Å²) in [6, 6.07) is 2.16. The van der Waals surface area contributed by atoms with Crippen molar-refractivity contribution in [1.29, 1.82) is 0 Å².